The average molecular weight is 330 g/mol. The van der Waals surface area contributed by atoms with Crippen LogP contribution in [0.3, 0.4) is 0 Å². The molecule has 0 spiro atoms. The Morgan fingerprint density at radius 1 is 0.720 bits per heavy atom. The van der Waals surface area contributed by atoms with Gasteiger partial charge in [-0.25, -0.2) is 4.39 Å². The van der Waals surface area contributed by atoms with Crippen LogP contribution in [0.2, 0.25) is 0 Å². The summed E-state index contributed by atoms with van der Waals surface area (Å²) in [5.41, 5.74) is 4.18. The molecule has 0 amide bonds. The summed E-state index contributed by atoms with van der Waals surface area (Å²) in [4.78, 5) is 1.54. The second-order valence-electron chi connectivity index (χ2n) is 5.71. The fourth-order valence-corrected chi connectivity index (χ4v) is 2.62. The summed E-state index contributed by atoms with van der Waals surface area (Å²) >= 11 is 0. The van der Waals surface area contributed by atoms with Crippen LogP contribution in [0.1, 0.15) is 5.56 Å². The molecule has 0 aliphatic rings. The van der Waals surface area contributed by atoms with Crippen LogP contribution in [0.5, 0.6) is 0 Å². The minimum Gasteiger partial charge on any atom is -0.207 e. The van der Waals surface area contributed by atoms with Crippen molar-refractivity contribution in [3.05, 3.63) is 90.2 Å². The minimum atomic E-state index is -0.283. The van der Waals surface area contributed by atoms with Gasteiger partial charge < -0.3 is 0 Å². The van der Waals surface area contributed by atoms with Crippen LogP contribution >= 0.6 is 0 Å². The van der Waals surface area contributed by atoms with E-state index in [1.807, 2.05) is 18.2 Å². The molecule has 0 aliphatic carbocycles. The average Bonchev–Trinajstić information content (AvgIpc) is 3.12. The quantitative estimate of drug-likeness (QED) is 0.563. The molecule has 1 heterocycles. The Labute approximate surface area is 144 Å². The highest BCUT2D eigenvalue weighted by Gasteiger charge is 2.07. The number of halogens is 1. The van der Waals surface area contributed by atoms with Crippen LogP contribution in [0, 0.1) is 5.82 Å². The predicted octanol–water partition coefficient (Wildman–Crippen LogP) is 4.19. The molecular weight excluding hydrogens is 315 g/mol. The van der Waals surface area contributed by atoms with Crippen molar-refractivity contribution >= 4 is 0 Å². The molecule has 5 heteroatoms. The zero-order chi connectivity index (χ0) is 17.1. The van der Waals surface area contributed by atoms with E-state index in [-0.39, 0.29) is 5.82 Å². The van der Waals surface area contributed by atoms with Gasteiger partial charge in [0.05, 0.1) is 6.54 Å². The second kappa shape index (κ2) is 6.65. The molecule has 0 N–H and O–H groups in total. The van der Waals surface area contributed by atoms with Gasteiger partial charge in [-0.15, -0.1) is 10.2 Å². The number of nitrogens with zero attached hydrogens (tertiary/aromatic N) is 4. The SMILES string of the molecule is Fc1ccc(-c2nnn(Cc3ccc(-c4ccccc4)cc3)n2)cc1. The van der Waals surface area contributed by atoms with E-state index in [0.29, 0.717) is 12.4 Å². The van der Waals surface area contributed by atoms with Gasteiger partial charge >= 0.3 is 0 Å². The number of tetrazole rings is 1. The molecule has 25 heavy (non-hydrogen) atoms. The van der Waals surface area contributed by atoms with Gasteiger partial charge in [-0.2, -0.15) is 4.80 Å². The van der Waals surface area contributed by atoms with Crippen molar-refractivity contribution in [3.63, 3.8) is 0 Å². The summed E-state index contributed by atoms with van der Waals surface area (Å²) in [6, 6.07) is 24.6. The van der Waals surface area contributed by atoms with Crippen molar-refractivity contribution in [2.75, 3.05) is 0 Å². The third-order valence-electron chi connectivity index (χ3n) is 3.94. The maximum Gasteiger partial charge on any atom is 0.204 e. The number of hydrogen-bond donors (Lipinski definition) is 0. The highest BCUT2D eigenvalue weighted by Crippen LogP contribution is 2.19. The summed E-state index contributed by atoms with van der Waals surface area (Å²) in [5, 5.41) is 12.5. The molecule has 4 rings (SSSR count). The molecule has 0 bridgehead atoms. The largest absolute Gasteiger partial charge is 0.207 e. The Kier molecular flexibility index (Phi) is 4.04. The fourth-order valence-electron chi connectivity index (χ4n) is 2.62. The highest BCUT2D eigenvalue weighted by atomic mass is 19.1. The lowest BCUT2D eigenvalue weighted by atomic mass is 10.0. The van der Waals surface area contributed by atoms with E-state index in [0.717, 1.165) is 11.1 Å². The summed E-state index contributed by atoms with van der Waals surface area (Å²) in [5.74, 6) is 0.204. The number of benzene rings is 3. The number of hydrogen-bond acceptors (Lipinski definition) is 3. The molecule has 122 valence electrons. The Hall–Kier alpha value is -3.34. The van der Waals surface area contributed by atoms with Gasteiger partial charge in [0, 0.05) is 5.56 Å². The van der Waals surface area contributed by atoms with Crippen LogP contribution in [0.25, 0.3) is 22.5 Å². The van der Waals surface area contributed by atoms with Crippen LogP contribution < -0.4 is 0 Å². The first-order valence-electron chi connectivity index (χ1n) is 7.96. The van der Waals surface area contributed by atoms with Crippen molar-refractivity contribution in [1.82, 2.24) is 20.2 Å². The lowest BCUT2D eigenvalue weighted by Crippen LogP contribution is -2.03. The highest BCUT2D eigenvalue weighted by molar-refractivity contribution is 5.63. The molecule has 0 aliphatic heterocycles. The summed E-state index contributed by atoms with van der Waals surface area (Å²) in [6.07, 6.45) is 0. The predicted molar refractivity (Wildman–Crippen MR) is 94.2 cm³/mol. The van der Waals surface area contributed by atoms with E-state index in [1.165, 1.54) is 28.1 Å². The van der Waals surface area contributed by atoms with Gasteiger partial charge in [0.1, 0.15) is 5.82 Å². The van der Waals surface area contributed by atoms with E-state index in [4.69, 9.17) is 0 Å². The van der Waals surface area contributed by atoms with Gasteiger partial charge in [-0.05, 0) is 46.2 Å². The number of rotatable bonds is 4. The zero-order valence-electron chi connectivity index (χ0n) is 13.4. The van der Waals surface area contributed by atoms with E-state index in [2.05, 4.69) is 51.8 Å². The molecule has 3 aromatic carbocycles. The Bertz CT molecular complexity index is 961. The standard InChI is InChI=1S/C20H15FN4/c21-19-12-10-18(11-13-19)20-22-24-25(23-20)14-15-6-8-17(9-7-15)16-4-2-1-3-5-16/h1-13H,14H2. The van der Waals surface area contributed by atoms with Crippen LogP contribution in [0.15, 0.2) is 78.9 Å². The second-order valence-corrected chi connectivity index (χ2v) is 5.71. The van der Waals surface area contributed by atoms with Crippen molar-refractivity contribution in [3.8, 4) is 22.5 Å². The topological polar surface area (TPSA) is 43.6 Å². The summed E-state index contributed by atoms with van der Waals surface area (Å²) in [7, 11) is 0. The first kappa shape index (κ1) is 15.2. The smallest absolute Gasteiger partial charge is 0.204 e. The van der Waals surface area contributed by atoms with Gasteiger partial charge in [0.15, 0.2) is 0 Å². The van der Waals surface area contributed by atoms with Crippen LogP contribution in [-0.4, -0.2) is 20.2 Å². The van der Waals surface area contributed by atoms with E-state index in [9.17, 15) is 4.39 Å². The third-order valence-corrected chi connectivity index (χ3v) is 3.94. The maximum atomic E-state index is 13.0. The van der Waals surface area contributed by atoms with Gasteiger partial charge in [-0.3, -0.25) is 0 Å². The van der Waals surface area contributed by atoms with Crippen molar-refractivity contribution < 1.29 is 4.39 Å². The van der Waals surface area contributed by atoms with Crippen molar-refractivity contribution in [2.24, 2.45) is 0 Å². The van der Waals surface area contributed by atoms with E-state index >= 15 is 0 Å². The lowest BCUT2D eigenvalue weighted by Gasteiger charge is -2.04. The zero-order valence-corrected chi connectivity index (χ0v) is 13.4. The molecular formula is C20H15FN4. The van der Waals surface area contributed by atoms with Crippen molar-refractivity contribution in [1.29, 1.82) is 0 Å². The van der Waals surface area contributed by atoms with E-state index in [1.54, 1.807) is 12.1 Å². The lowest BCUT2D eigenvalue weighted by molar-refractivity contribution is 0.573. The summed E-state index contributed by atoms with van der Waals surface area (Å²) < 4.78 is 13.0. The molecule has 1 aromatic heterocycles. The van der Waals surface area contributed by atoms with Crippen LogP contribution in [0.4, 0.5) is 4.39 Å². The Morgan fingerprint density at radius 3 is 2.08 bits per heavy atom. The molecule has 4 nitrogen and oxygen atoms in total. The monoisotopic (exact) mass is 330 g/mol. The van der Waals surface area contributed by atoms with Crippen LogP contribution in [-0.2, 0) is 6.54 Å². The minimum absolute atomic E-state index is 0.283. The van der Waals surface area contributed by atoms with Crippen molar-refractivity contribution in [2.45, 2.75) is 6.54 Å². The Morgan fingerprint density at radius 2 is 1.36 bits per heavy atom. The van der Waals surface area contributed by atoms with Gasteiger partial charge in [0.2, 0.25) is 5.82 Å². The first-order valence-corrected chi connectivity index (χ1v) is 7.96. The maximum absolute atomic E-state index is 13.0. The first-order chi connectivity index (χ1) is 12.3. The molecule has 0 saturated carbocycles. The van der Waals surface area contributed by atoms with Gasteiger partial charge in [0.25, 0.3) is 0 Å². The van der Waals surface area contributed by atoms with E-state index < -0.39 is 0 Å². The molecule has 0 radical (unpaired) electrons. The third kappa shape index (κ3) is 3.45. The Balaban J connectivity index is 1.50. The normalized spacial score (nSPS) is 10.8. The summed E-state index contributed by atoms with van der Waals surface area (Å²) in [6.45, 7) is 0.531. The van der Waals surface area contributed by atoms with Gasteiger partial charge in [-0.1, -0.05) is 54.6 Å². The number of aromatic nitrogens is 4. The molecule has 0 fully saturated rings. The molecule has 4 aromatic rings. The molecule has 0 saturated heterocycles. The molecule has 0 atom stereocenters. The molecule has 0 unspecified atom stereocenters. The fraction of sp³-hybridized carbons (Fsp3) is 0.0500.